The van der Waals surface area contributed by atoms with Crippen molar-refractivity contribution in [2.24, 2.45) is 0 Å². The first-order valence-corrected chi connectivity index (χ1v) is 8.76. The Morgan fingerprint density at radius 2 is 1.87 bits per heavy atom. The van der Waals surface area contributed by atoms with Crippen molar-refractivity contribution in [2.75, 3.05) is 23.0 Å². The molecule has 0 aromatic heterocycles. The lowest BCUT2D eigenvalue weighted by atomic mass is 10.1. The maximum absolute atomic E-state index is 12.7. The van der Waals surface area contributed by atoms with Gasteiger partial charge in [0.25, 0.3) is 5.91 Å². The van der Waals surface area contributed by atoms with Gasteiger partial charge in [-0.05, 0) is 30.3 Å². The lowest BCUT2D eigenvalue weighted by molar-refractivity contribution is -0.115. The number of para-hydroxylation sites is 2. The number of rotatable bonds is 2. The molecule has 1 aliphatic rings. The minimum atomic E-state index is -3.41. The number of benzene rings is 2. The molecule has 1 N–H and O–H groups in total. The first-order valence-electron chi connectivity index (χ1n) is 6.87. The summed E-state index contributed by atoms with van der Waals surface area (Å²) >= 11 is 0. The van der Waals surface area contributed by atoms with Crippen molar-refractivity contribution >= 4 is 33.0 Å². The maximum Gasteiger partial charge on any atom is 0.258 e. The highest BCUT2D eigenvalue weighted by Gasteiger charge is 2.27. The number of carbonyl (C=O) groups is 2. The Kier molecular flexibility index (Phi) is 3.65. The van der Waals surface area contributed by atoms with E-state index in [2.05, 4.69) is 5.32 Å². The van der Waals surface area contributed by atoms with E-state index in [1.807, 2.05) is 0 Å². The summed E-state index contributed by atoms with van der Waals surface area (Å²) in [6, 6.07) is 12.8. The van der Waals surface area contributed by atoms with Gasteiger partial charge in [0.15, 0.2) is 9.84 Å². The van der Waals surface area contributed by atoms with Crippen molar-refractivity contribution in [3.8, 4) is 0 Å². The molecule has 0 radical (unpaired) electrons. The zero-order valence-electron chi connectivity index (χ0n) is 12.3. The molecule has 0 saturated heterocycles. The van der Waals surface area contributed by atoms with Crippen LogP contribution in [0.25, 0.3) is 0 Å². The van der Waals surface area contributed by atoms with Crippen molar-refractivity contribution in [3.05, 3.63) is 54.1 Å². The molecular formula is C16H14N2O4S. The normalized spacial score (nSPS) is 14.1. The average molecular weight is 330 g/mol. The summed E-state index contributed by atoms with van der Waals surface area (Å²) < 4.78 is 23.3. The maximum atomic E-state index is 12.7. The van der Waals surface area contributed by atoms with Crippen LogP contribution in [0.5, 0.6) is 0 Å². The molecule has 3 rings (SSSR count). The van der Waals surface area contributed by atoms with Crippen LogP contribution < -0.4 is 10.2 Å². The summed E-state index contributed by atoms with van der Waals surface area (Å²) in [6.07, 6.45) is 1.08. The van der Waals surface area contributed by atoms with Crippen LogP contribution in [-0.2, 0) is 14.6 Å². The van der Waals surface area contributed by atoms with Crippen LogP contribution in [0.4, 0.5) is 11.4 Å². The number of hydrogen-bond donors (Lipinski definition) is 1. The van der Waals surface area contributed by atoms with Gasteiger partial charge in [-0.2, -0.15) is 0 Å². The van der Waals surface area contributed by atoms with Crippen LogP contribution in [0.3, 0.4) is 0 Å². The van der Waals surface area contributed by atoms with Crippen molar-refractivity contribution in [1.82, 2.24) is 0 Å². The van der Waals surface area contributed by atoms with E-state index >= 15 is 0 Å². The minimum Gasteiger partial charge on any atom is -0.323 e. The second-order valence-electron chi connectivity index (χ2n) is 5.26. The Hall–Kier alpha value is -2.67. The van der Waals surface area contributed by atoms with E-state index in [1.165, 1.54) is 29.2 Å². The molecule has 7 heteroatoms. The van der Waals surface area contributed by atoms with Crippen LogP contribution in [0.2, 0.25) is 0 Å². The highest BCUT2D eigenvalue weighted by molar-refractivity contribution is 7.90. The fraction of sp³-hybridized carbons (Fsp3) is 0.125. The number of anilines is 2. The molecule has 2 amide bonds. The van der Waals surface area contributed by atoms with Gasteiger partial charge in [0, 0.05) is 11.8 Å². The van der Waals surface area contributed by atoms with Gasteiger partial charge in [-0.15, -0.1) is 0 Å². The van der Waals surface area contributed by atoms with Gasteiger partial charge in [0.1, 0.15) is 6.54 Å². The molecule has 2 aromatic carbocycles. The van der Waals surface area contributed by atoms with Gasteiger partial charge >= 0.3 is 0 Å². The zero-order valence-corrected chi connectivity index (χ0v) is 13.1. The molecule has 0 atom stereocenters. The summed E-state index contributed by atoms with van der Waals surface area (Å²) in [6.45, 7) is -0.112. The first-order chi connectivity index (χ1) is 10.9. The van der Waals surface area contributed by atoms with Gasteiger partial charge in [0.2, 0.25) is 5.91 Å². The Morgan fingerprint density at radius 3 is 2.61 bits per heavy atom. The number of carbonyl (C=O) groups excluding carboxylic acids is 2. The van der Waals surface area contributed by atoms with Gasteiger partial charge in [-0.25, -0.2) is 8.42 Å². The predicted octanol–water partition coefficient (Wildman–Crippen LogP) is 1.69. The zero-order chi connectivity index (χ0) is 16.6. The lowest BCUT2D eigenvalue weighted by Crippen LogP contribution is -2.42. The third-order valence-electron chi connectivity index (χ3n) is 3.52. The minimum absolute atomic E-state index is 0.0677. The topological polar surface area (TPSA) is 83.6 Å². The molecule has 1 heterocycles. The Balaban J connectivity index is 2.03. The number of sulfone groups is 1. The number of nitrogens with one attached hydrogen (secondary N) is 1. The molecule has 0 unspecified atom stereocenters. The second-order valence-corrected chi connectivity index (χ2v) is 7.27. The van der Waals surface area contributed by atoms with E-state index in [9.17, 15) is 18.0 Å². The van der Waals surface area contributed by atoms with Crippen LogP contribution in [0.1, 0.15) is 10.4 Å². The molecule has 118 valence electrons. The fourth-order valence-corrected chi connectivity index (χ4v) is 3.10. The molecule has 0 aliphatic carbocycles. The molecule has 23 heavy (non-hydrogen) atoms. The Bertz CT molecular complexity index is 906. The van der Waals surface area contributed by atoms with Crippen molar-refractivity contribution in [1.29, 1.82) is 0 Å². The van der Waals surface area contributed by atoms with Crippen molar-refractivity contribution < 1.29 is 18.0 Å². The highest BCUT2D eigenvalue weighted by atomic mass is 32.2. The quantitative estimate of drug-likeness (QED) is 0.908. The van der Waals surface area contributed by atoms with Gasteiger partial charge in [0.05, 0.1) is 16.3 Å². The number of amides is 2. The number of fused-ring (bicyclic) bond motifs is 1. The number of nitrogens with zero attached hydrogens (tertiary/aromatic N) is 1. The van der Waals surface area contributed by atoms with E-state index in [0.717, 1.165) is 6.26 Å². The summed E-state index contributed by atoms with van der Waals surface area (Å²) in [7, 11) is -3.41. The second kappa shape index (κ2) is 5.51. The van der Waals surface area contributed by atoms with E-state index in [-0.39, 0.29) is 22.9 Å². The SMILES string of the molecule is CS(=O)(=O)c1cccc(C(=O)N2CC(=O)Nc3ccccc32)c1. The predicted molar refractivity (Wildman–Crippen MR) is 86.3 cm³/mol. The van der Waals surface area contributed by atoms with Gasteiger partial charge in [-0.3, -0.25) is 14.5 Å². The molecule has 0 spiro atoms. The Labute approximate surface area is 133 Å². The summed E-state index contributed by atoms with van der Waals surface area (Å²) in [4.78, 5) is 25.9. The summed E-state index contributed by atoms with van der Waals surface area (Å²) in [5, 5.41) is 2.70. The third-order valence-corrected chi connectivity index (χ3v) is 4.64. The third kappa shape index (κ3) is 2.95. The van der Waals surface area contributed by atoms with Crippen molar-refractivity contribution in [2.45, 2.75) is 4.90 Å². The summed E-state index contributed by atoms with van der Waals surface area (Å²) in [5.41, 5.74) is 1.36. The summed E-state index contributed by atoms with van der Waals surface area (Å²) in [5.74, 6) is -0.714. The van der Waals surface area contributed by atoms with Crippen LogP contribution >= 0.6 is 0 Å². The molecule has 0 saturated carbocycles. The van der Waals surface area contributed by atoms with Crippen LogP contribution in [0, 0.1) is 0 Å². The monoisotopic (exact) mass is 330 g/mol. The smallest absolute Gasteiger partial charge is 0.258 e. The van der Waals surface area contributed by atoms with E-state index in [0.29, 0.717) is 11.4 Å². The molecular weight excluding hydrogens is 316 g/mol. The molecule has 1 aliphatic heterocycles. The molecule has 0 bridgehead atoms. The average Bonchev–Trinajstić information content (AvgIpc) is 2.52. The fourth-order valence-electron chi connectivity index (χ4n) is 2.43. The standard InChI is InChI=1S/C16H14N2O4S/c1-23(21,22)12-6-4-5-11(9-12)16(20)18-10-15(19)17-13-7-2-3-8-14(13)18/h2-9H,10H2,1H3,(H,17,19). The van der Waals surface area contributed by atoms with Gasteiger partial charge in [-0.1, -0.05) is 18.2 Å². The Morgan fingerprint density at radius 1 is 1.13 bits per heavy atom. The first kappa shape index (κ1) is 15.2. The van der Waals surface area contributed by atoms with Crippen LogP contribution in [-0.4, -0.2) is 33.0 Å². The van der Waals surface area contributed by atoms with Gasteiger partial charge < -0.3 is 5.32 Å². The highest BCUT2D eigenvalue weighted by Crippen LogP contribution is 2.30. The van der Waals surface area contributed by atoms with E-state index in [4.69, 9.17) is 0 Å². The van der Waals surface area contributed by atoms with Crippen molar-refractivity contribution in [3.63, 3.8) is 0 Å². The van der Waals surface area contributed by atoms with E-state index < -0.39 is 15.7 Å². The molecule has 0 fully saturated rings. The molecule has 2 aromatic rings. The lowest BCUT2D eigenvalue weighted by Gasteiger charge is -2.29. The molecule has 6 nitrogen and oxygen atoms in total. The van der Waals surface area contributed by atoms with E-state index in [1.54, 1.807) is 24.3 Å². The largest absolute Gasteiger partial charge is 0.323 e. The van der Waals surface area contributed by atoms with Crippen LogP contribution in [0.15, 0.2) is 53.4 Å². The number of hydrogen-bond acceptors (Lipinski definition) is 4.